The summed E-state index contributed by atoms with van der Waals surface area (Å²) in [6.07, 6.45) is 0. The third kappa shape index (κ3) is 5.38. The van der Waals surface area contributed by atoms with Gasteiger partial charge in [0.2, 0.25) is 0 Å². The van der Waals surface area contributed by atoms with Gasteiger partial charge in [0.1, 0.15) is 20.0 Å². The Kier molecular flexibility index (Phi) is 8.34. The number of hydrogen-bond donors (Lipinski definition) is 0. The van der Waals surface area contributed by atoms with Crippen molar-refractivity contribution in [1.29, 1.82) is 0 Å². The number of benzene rings is 10. The molecule has 11 aromatic rings. The van der Waals surface area contributed by atoms with Crippen LogP contribution in [-0.4, -0.2) is 8.80 Å². The van der Waals surface area contributed by atoms with Crippen LogP contribution in [0.3, 0.4) is 0 Å². The highest BCUT2D eigenvalue weighted by Gasteiger charge is 2.46. The Labute approximate surface area is 374 Å². The second-order valence-electron chi connectivity index (χ2n) is 17.1. The summed E-state index contributed by atoms with van der Waals surface area (Å²) in [6.45, 7) is 0. The van der Waals surface area contributed by atoms with Gasteiger partial charge in [0.25, 0.3) is 0 Å². The van der Waals surface area contributed by atoms with Gasteiger partial charge in [0.05, 0.1) is 5.41 Å². The predicted molar refractivity (Wildman–Crippen MR) is 269 cm³/mol. The van der Waals surface area contributed by atoms with E-state index < -0.39 is 14.2 Å². The number of para-hydroxylation sites is 1. The number of furan rings is 1. The van der Waals surface area contributed by atoms with Gasteiger partial charge >= 0.3 is 0 Å². The molecule has 1 aliphatic heterocycles. The van der Waals surface area contributed by atoms with Crippen molar-refractivity contribution in [3.05, 3.63) is 265 Å². The summed E-state index contributed by atoms with van der Waals surface area (Å²) in [6, 6.07) is 89.3. The van der Waals surface area contributed by atoms with E-state index in [0.29, 0.717) is 0 Å². The SMILES string of the molecule is c1ccc(N(c2ccc(-c3cccc4oc5ccc6c(c5c34)-c3ccccc3[SiH]6c3ccccc3)cc2)c2ccc3c(c2)C(c2ccccc2)(c2ccccc2)c2ccccc2-3)cc1. The van der Waals surface area contributed by atoms with Crippen molar-refractivity contribution in [3.63, 3.8) is 0 Å². The summed E-state index contributed by atoms with van der Waals surface area (Å²) in [5.41, 5.74) is 17.3. The summed E-state index contributed by atoms with van der Waals surface area (Å²) < 4.78 is 6.72. The molecule has 0 bridgehead atoms. The summed E-state index contributed by atoms with van der Waals surface area (Å²) >= 11 is 0. The Morgan fingerprint density at radius 1 is 0.359 bits per heavy atom. The first-order valence-electron chi connectivity index (χ1n) is 22.2. The van der Waals surface area contributed by atoms with E-state index in [1.807, 2.05) is 0 Å². The Bertz CT molecular complexity index is 3500. The molecule has 3 heteroatoms. The van der Waals surface area contributed by atoms with Crippen molar-refractivity contribution in [2.75, 3.05) is 4.90 Å². The Hall–Kier alpha value is -7.98. The van der Waals surface area contributed by atoms with E-state index in [1.54, 1.807) is 0 Å². The van der Waals surface area contributed by atoms with Gasteiger partial charge in [-0.1, -0.05) is 199 Å². The zero-order valence-corrected chi connectivity index (χ0v) is 36.2. The molecule has 0 spiro atoms. The molecule has 10 aromatic carbocycles. The highest BCUT2D eigenvalue weighted by Crippen LogP contribution is 2.57. The Morgan fingerprint density at radius 2 is 0.922 bits per heavy atom. The zero-order valence-electron chi connectivity index (χ0n) is 35.0. The molecule has 2 heterocycles. The van der Waals surface area contributed by atoms with Gasteiger partial charge in [-0.05, 0) is 115 Å². The fraction of sp³-hybridized carbons (Fsp3) is 0.0164. The summed E-state index contributed by atoms with van der Waals surface area (Å²) in [4.78, 5) is 2.40. The number of fused-ring (bicyclic) bond motifs is 10. The van der Waals surface area contributed by atoms with Gasteiger partial charge in [-0.3, -0.25) is 0 Å². The van der Waals surface area contributed by atoms with Crippen molar-refractivity contribution in [3.8, 4) is 33.4 Å². The second-order valence-corrected chi connectivity index (χ2v) is 19.9. The van der Waals surface area contributed by atoms with Crippen LogP contribution in [-0.2, 0) is 5.41 Å². The van der Waals surface area contributed by atoms with Crippen molar-refractivity contribution in [1.82, 2.24) is 0 Å². The summed E-state index contributed by atoms with van der Waals surface area (Å²) in [5, 5.41) is 6.78. The number of rotatable bonds is 7. The number of anilines is 3. The first kappa shape index (κ1) is 36.7. The normalized spacial score (nSPS) is 14.2. The average Bonchev–Trinajstić information content (AvgIpc) is 4.02. The predicted octanol–water partition coefficient (Wildman–Crippen LogP) is 13.3. The monoisotopic (exact) mass is 831 g/mol. The molecule has 0 saturated heterocycles. The molecule has 1 atom stereocenters. The maximum atomic E-state index is 6.72. The fourth-order valence-corrected chi connectivity index (χ4v) is 14.6. The quantitative estimate of drug-likeness (QED) is 0.149. The molecule has 64 heavy (non-hydrogen) atoms. The van der Waals surface area contributed by atoms with Crippen LogP contribution in [0, 0.1) is 0 Å². The molecule has 1 unspecified atom stereocenters. The topological polar surface area (TPSA) is 16.4 Å². The molecule has 13 rings (SSSR count). The van der Waals surface area contributed by atoms with Crippen LogP contribution in [0.25, 0.3) is 55.3 Å². The largest absolute Gasteiger partial charge is 0.456 e. The molecule has 0 fully saturated rings. The van der Waals surface area contributed by atoms with E-state index in [9.17, 15) is 0 Å². The third-order valence-corrected chi connectivity index (χ3v) is 17.1. The minimum Gasteiger partial charge on any atom is -0.456 e. The molecular formula is C61H41NOSi. The molecule has 0 saturated carbocycles. The third-order valence-electron chi connectivity index (χ3n) is 13.8. The van der Waals surface area contributed by atoms with Crippen LogP contribution in [0.1, 0.15) is 22.3 Å². The first-order valence-corrected chi connectivity index (χ1v) is 23.9. The van der Waals surface area contributed by atoms with E-state index in [0.717, 1.165) is 33.8 Å². The van der Waals surface area contributed by atoms with E-state index in [1.165, 1.54) is 76.4 Å². The first-order chi connectivity index (χ1) is 31.8. The van der Waals surface area contributed by atoms with Crippen molar-refractivity contribution < 1.29 is 4.42 Å². The van der Waals surface area contributed by atoms with E-state index in [2.05, 4.69) is 248 Å². The molecule has 0 radical (unpaired) electrons. The van der Waals surface area contributed by atoms with Gasteiger partial charge in [0.15, 0.2) is 0 Å². The van der Waals surface area contributed by atoms with Gasteiger partial charge in [-0.25, -0.2) is 0 Å². The molecule has 1 aliphatic carbocycles. The van der Waals surface area contributed by atoms with E-state index in [4.69, 9.17) is 4.42 Å². The van der Waals surface area contributed by atoms with Gasteiger partial charge in [0, 0.05) is 27.8 Å². The minimum atomic E-state index is -1.68. The lowest BCUT2D eigenvalue weighted by atomic mass is 9.67. The average molecular weight is 832 g/mol. The van der Waals surface area contributed by atoms with Gasteiger partial charge < -0.3 is 9.32 Å². The maximum Gasteiger partial charge on any atom is 0.136 e. The Balaban J connectivity index is 0.975. The molecular weight excluding hydrogens is 791 g/mol. The van der Waals surface area contributed by atoms with Crippen molar-refractivity contribution in [2.24, 2.45) is 0 Å². The highest BCUT2D eigenvalue weighted by atomic mass is 28.3. The van der Waals surface area contributed by atoms with Crippen LogP contribution < -0.4 is 20.5 Å². The maximum absolute atomic E-state index is 6.72. The Morgan fingerprint density at radius 3 is 1.66 bits per heavy atom. The summed E-state index contributed by atoms with van der Waals surface area (Å²) in [5.74, 6) is 0. The molecule has 2 nitrogen and oxygen atoms in total. The molecule has 1 aromatic heterocycles. The molecule has 0 amide bonds. The molecule has 300 valence electrons. The van der Waals surface area contributed by atoms with Crippen molar-refractivity contribution in [2.45, 2.75) is 5.41 Å². The highest BCUT2D eigenvalue weighted by molar-refractivity contribution is 6.99. The van der Waals surface area contributed by atoms with Crippen molar-refractivity contribution >= 4 is 63.4 Å². The number of nitrogens with zero attached hydrogens (tertiary/aromatic N) is 1. The lowest BCUT2D eigenvalue weighted by molar-refractivity contribution is 0.669. The van der Waals surface area contributed by atoms with Gasteiger partial charge in [-0.15, -0.1) is 0 Å². The van der Waals surface area contributed by atoms with Crippen LogP contribution in [0.5, 0.6) is 0 Å². The van der Waals surface area contributed by atoms with E-state index in [-0.39, 0.29) is 0 Å². The molecule has 2 aliphatic rings. The lowest BCUT2D eigenvalue weighted by Gasteiger charge is -2.35. The van der Waals surface area contributed by atoms with Crippen LogP contribution in [0.4, 0.5) is 17.1 Å². The van der Waals surface area contributed by atoms with Gasteiger partial charge in [-0.2, -0.15) is 0 Å². The zero-order chi connectivity index (χ0) is 42.2. The van der Waals surface area contributed by atoms with Crippen LogP contribution in [0.15, 0.2) is 247 Å². The van der Waals surface area contributed by atoms with Crippen LogP contribution >= 0.6 is 0 Å². The number of hydrogen-bond acceptors (Lipinski definition) is 2. The minimum absolute atomic E-state index is 0.493. The van der Waals surface area contributed by atoms with E-state index >= 15 is 0 Å². The molecule has 0 N–H and O–H groups in total. The lowest BCUT2D eigenvalue weighted by Crippen LogP contribution is -2.48. The summed E-state index contributed by atoms with van der Waals surface area (Å²) in [7, 11) is -1.68. The van der Waals surface area contributed by atoms with Crippen LogP contribution in [0.2, 0.25) is 0 Å². The fourth-order valence-electron chi connectivity index (χ4n) is 11.2. The smallest absolute Gasteiger partial charge is 0.136 e. The second kappa shape index (κ2) is 14.6. The standard InChI is InChI=1S/C61H41NOSi/c1-5-18-42(19-6-1)61(43-20-7-2-8-21-43)52-29-15-13-26-49(52)50-37-36-46(40-53(50)61)62(44-22-9-3-10-23-44)45-34-32-41(33-35-45)48-28-17-30-54-58(48)60-55(63-54)38-39-57-59(60)51-27-14-16-31-56(51)64(57)47-24-11-4-12-25-47/h1-40,64H.